The van der Waals surface area contributed by atoms with E-state index in [-0.39, 0.29) is 22.6 Å². The van der Waals surface area contributed by atoms with Crippen LogP contribution in [0.5, 0.6) is 0 Å². The number of nitrogens with zero attached hydrogens (tertiary/aromatic N) is 3. The van der Waals surface area contributed by atoms with Gasteiger partial charge in [-0.2, -0.15) is 5.10 Å². The van der Waals surface area contributed by atoms with Gasteiger partial charge in [0.05, 0.1) is 28.6 Å². The minimum Gasteiger partial charge on any atom is -0.465 e. The van der Waals surface area contributed by atoms with Crippen molar-refractivity contribution in [2.75, 3.05) is 5.01 Å². The monoisotopic (exact) mass is 399 g/mol. The van der Waals surface area contributed by atoms with Crippen LogP contribution in [0.3, 0.4) is 0 Å². The zero-order valence-corrected chi connectivity index (χ0v) is 16.3. The lowest BCUT2D eigenvalue weighted by molar-refractivity contribution is -0.384. The summed E-state index contributed by atoms with van der Waals surface area (Å²) in [6.07, 6.45) is 6.73. The van der Waals surface area contributed by atoms with Crippen LogP contribution in [-0.2, 0) is 0 Å². The maximum absolute atomic E-state index is 11.4. The molecule has 0 spiro atoms. The molecule has 0 N–H and O–H groups in total. The fourth-order valence-corrected chi connectivity index (χ4v) is 4.50. The summed E-state index contributed by atoms with van der Waals surface area (Å²) in [6, 6.07) is 20.7. The minimum absolute atomic E-state index is 0.0809. The number of benzene rings is 2. The number of fused-ring (bicyclic) bond motifs is 1. The highest BCUT2D eigenvalue weighted by Crippen LogP contribution is 2.46. The molecule has 1 fully saturated rings. The van der Waals surface area contributed by atoms with E-state index >= 15 is 0 Å². The summed E-state index contributed by atoms with van der Waals surface area (Å²) in [5, 5.41) is 18.4. The lowest BCUT2D eigenvalue weighted by atomic mass is 9.77. The molecule has 2 aromatic carbocycles. The number of nitro groups is 1. The van der Waals surface area contributed by atoms with Gasteiger partial charge in [0, 0.05) is 18.1 Å². The molecule has 1 saturated carbocycles. The Morgan fingerprint density at radius 1 is 1.10 bits per heavy atom. The smallest absolute Gasteiger partial charge is 0.269 e. The molecule has 0 bridgehead atoms. The van der Waals surface area contributed by atoms with Gasteiger partial charge in [-0.1, -0.05) is 30.3 Å². The molecule has 150 valence electrons. The second-order valence-electron chi connectivity index (χ2n) is 7.65. The van der Waals surface area contributed by atoms with E-state index in [9.17, 15) is 10.1 Å². The molecule has 0 amide bonds. The van der Waals surface area contributed by atoms with E-state index in [4.69, 9.17) is 9.52 Å². The van der Waals surface area contributed by atoms with Gasteiger partial charge in [-0.3, -0.25) is 15.1 Å². The van der Waals surface area contributed by atoms with Gasteiger partial charge in [0.1, 0.15) is 5.76 Å². The van der Waals surface area contributed by atoms with Crippen molar-refractivity contribution in [2.24, 2.45) is 11.0 Å². The topological polar surface area (TPSA) is 71.9 Å². The highest BCUT2D eigenvalue weighted by molar-refractivity contribution is 6.08. The molecule has 2 aliphatic rings. The number of furan rings is 1. The maximum atomic E-state index is 11.4. The molecule has 0 radical (unpaired) electrons. The summed E-state index contributed by atoms with van der Waals surface area (Å²) in [5.41, 5.74) is 4.23. The van der Waals surface area contributed by atoms with Gasteiger partial charge >= 0.3 is 0 Å². The average Bonchev–Trinajstić information content (AvgIpc) is 3.43. The number of para-hydroxylation sites is 1. The lowest BCUT2D eigenvalue weighted by Crippen LogP contribution is -2.28. The quantitative estimate of drug-likeness (QED) is 0.399. The zero-order valence-electron chi connectivity index (χ0n) is 16.3. The van der Waals surface area contributed by atoms with E-state index in [1.807, 2.05) is 53.5 Å². The first-order valence-corrected chi connectivity index (χ1v) is 10.1. The Morgan fingerprint density at radius 2 is 1.97 bits per heavy atom. The van der Waals surface area contributed by atoms with Crippen LogP contribution in [0.25, 0.3) is 6.08 Å². The van der Waals surface area contributed by atoms with Crippen LogP contribution >= 0.6 is 0 Å². The number of anilines is 1. The molecule has 1 aromatic heterocycles. The number of hydrazone groups is 1. The molecule has 30 heavy (non-hydrogen) atoms. The number of hydrogen-bond donors (Lipinski definition) is 0. The van der Waals surface area contributed by atoms with Gasteiger partial charge in [0.2, 0.25) is 0 Å². The molecule has 5 rings (SSSR count). The molecular weight excluding hydrogens is 378 g/mol. The Balaban J connectivity index is 1.61. The summed E-state index contributed by atoms with van der Waals surface area (Å²) in [7, 11) is 0. The SMILES string of the molecule is O=[N+]([O-])c1cccc([C@H]2[C@@H]3CCC/C(=C\c4ccco4)C3=NN2c2ccccc2)c1. The Labute approximate surface area is 174 Å². The molecule has 6 heteroatoms. The molecule has 1 aliphatic heterocycles. The van der Waals surface area contributed by atoms with Gasteiger partial charge in [-0.25, -0.2) is 0 Å². The van der Waals surface area contributed by atoms with E-state index in [0.717, 1.165) is 42.0 Å². The first-order chi connectivity index (χ1) is 14.7. The second-order valence-corrected chi connectivity index (χ2v) is 7.65. The van der Waals surface area contributed by atoms with Gasteiger partial charge in [0.25, 0.3) is 5.69 Å². The standard InChI is InChI=1S/C24H21N3O3/c28-27(29)20-11-4-8-18(15-20)24-22-13-5-7-17(16-21-12-6-14-30-21)23(22)25-26(24)19-9-2-1-3-10-19/h1-4,6,8-12,14-16,22,24H,5,7,13H2/b17-16+/t22-,24+/m1/s1. The summed E-state index contributed by atoms with van der Waals surface area (Å²) in [6.45, 7) is 0. The number of hydrogen-bond acceptors (Lipinski definition) is 5. The first kappa shape index (κ1) is 18.4. The van der Waals surface area contributed by atoms with Crippen molar-refractivity contribution >= 4 is 23.2 Å². The van der Waals surface area contributed by atoms with Crippen molar-refractivity contribution in [3.05, 3.63) is 100 Å². The molecular formula is C24H21N3O3. The van der Waals surface area contributed by atoms with E-state index in [1.165, 1.54) is 11.6 Å². The Morgan fingerprint density at radius 3 is 2.73 bits per heavy atom. The van der Waals surface area contributed by atoms with Crippen LogP contribution in [-0.4, -0.2) is 10.6 Å². The summed E-state index contributed by atoms with van der Waals surface area (Å²) < 4.78 is 5.53. The number of rotatable bonds is 4. The molecule has 0 saturated heterocycles. The van der Waals surface area contributed by atoms with E-state index in [2.05, 4.69) is 6.08 Å². The second kappa shape index (κ2) is 7.63. The number of nitro benzene ring substituents is 1. The van der Waals surface area contributed by atoms with Crippen LogP contribution in [0.4, 0.5) is 11.4 Å². The maximum Gasteiger partial charge on any atom is 0.269 e. The van der Waals surface area contributed by atoms with Gasteiger partial charge < -0.3 is 4.42 Å². The molecule has 6 nitrogen and oxygen atoms in total. The van der Waals surface area contributed by atoms with Gasteiger partial charge in [-0.15, -0.1) is 0 Å². The summed E-state index contributed by atoms with van der Waals surface area (Å²) in [5.74, 6) is 0.987. The van der Waals surface area contributed by atoms with E-state index in [0.29, 0.717) is 0 Å². The molecule has 0 unspecified atom stereocenters. The zero-order chi connectivity index (χ0) is 20.5. The van der Waals surface area contributed by atoms with E-state index in [1.54, 1.807) is 18.4 Å². The van der Waals surface area contributed by atoms with Crippen molar-refractivity contribution in [1.29, 1.82) is 0 Å². The van der Waals surface area contributed by atoms with Crippen molar-refractivity contribution < 1.29 is 9.34 Å². The normalized spacial score (nSPS) is 22.1. The summed E-state index contributed by atoms with van der Waals surface area (Å²) in [4.78, 5) is 11.0. The highest BCUT2D eigenvalue weighted by atomic mass is 16.6. The van der Waals surface area contributed by atoms with Crippen LogP contribution in [0, 0.1) is 16.0 Å². The fraction of sp³-hybridized carbons (Fsp3) is 0.208. The summed E-state index contributed by atoms with van der Waals surface area (Å²) >= 11 is 0. The van der Waals surface area contributed by atoms with Crippen LogP contribution in [0.15, 0.2) is 88.1 Å². The molecule has 2 atom stereocenters. The lowest BCUT2D eigenvalue weighted by Gasteiger charge is -2.30. The largest absolute Gasteiger partial charge is 0.465 e. The van der Waals surface area contributed by atoms with Crippen molar-refractivity contribution in [1.82, 2.24) is 0 Å². The highest BCUT2D eigenvalue weighted by Gasteiger charge is 2.42. The number of non-ortho nitro benzene ring substituents is 1. The third-order valence-corrected chi connectivity index (χ3v) is 5.80. The van der Waals surface area contributed by atoms with Crippen LogP contribution in [0.1, 0.15) is 36.6 Å². The molecule has 2 heterocycles. The predicted molar refractivity (Wildman–Crippen MR) is 116 cm³/mol. The molecule has 3 aromatic rings. The van der Waals surface area contributed by atoms with Crippen LogP contribution < -0.4 is 5.01 Å². The average molecular weight is 399 g/mol. The van der Waals surface area contributed by atoms with Crippen LogP contribution in [0.2, 0.25) is 0 Å². The third kappa shape index (κ3) is 3.30. The minimum atomic E-state index is -0.337. The molecule has 1 aliphatic carbocycles. The van der Waals surface area contributed by atoms with Gasteiger partial charge in [0.15, 0.2) is 0 Å². The number of allylic oxidation sites excluding steroid dienone is 1. The third-order valence-electron chi connectivity index (χ3n) is 5.80. The van der Waals surface area contributed by atoms with Crippen molar-refractivity contribution in [3.63, 3.8) is 0 Å². The Bertz CT molecular complexity index is 1120. The van der Waals surface area contributed by atoms with Gasteiger partial charge in [-0.05, 0) is 60.7 Å². The Hall–Kier alpha value is -3.67. The Kier molecular flexibility index (Phi) is 4.67. The first-order valence-electron chi connectivity index (χ1n) is 10.1. The predicted octanol–water partition coefficient (Wildman–Crippen LogP) is 5.99. The van der Waals surface area contributed by atoms with Crippen molar-refractivity contribution in [2.45, 2.75) is 25.3 Å². The van der Waals surface area contributed by atoms with E-state index < -0.39 is 0 Å². The fourth-order valence-electron chi connectivity index (χ4n) is 4.50. The van der Waals surface area contributed by atoms with Crippen molar-refractivity contribution in [3.8, 4) is 0 Å².